The molecule has 0 aliphatic rings. The van der Waals surface area contributed by atoms with Gasteiger partial charge in [-0.1, -0.05) is 12.1 Å². The molecule has 3 aromatic heterocycles. The molecule has 0 fully saturated rings. The summed E-state index contributed by atoms with van der Waals surface area (Å²) in [5, 5.41) is 4.75. The third-order valence-electron chi connectivity index (χ3n) is 2.80. The van der Waals surface area contributed by atoms with Crippen LogP contribution in [0.3, 0.4) is 0 Å². The molecule has 20 heavy (non-hydrogen) atoms. The zero-order valence-electron chi connectivity index (χ0n) is 10.6. The zero-order chi connectivity index (χ0) is 13.8. The van der Waals surface area contributed by atoms with Crippen molar-refractivity contribution in [3.8, 4) is 11.5 Å². The summed E-state index contributed by atoms with van der Waals surface area (Å²) < 4.78 is 5.28. The van der Waals surface area contributed by atoms with Gasteiger partial charge in [0.15, 0.2) is 5.76 Å². The Morgan fingerprint density at radius 1 is 1.25 bits per heavy atom. The van der Waals surface area contributed by atoms with Crippen molar-refractivity contribution in [1.29, 1.82) is 0 Å². The van der Waals surface area contributed by atoms with Crippen LogP contribution in [0.25, 0.3) is 11.5 Å². The molecule has 0 atom stereocenters. The van der Waals surface area contributed by atoms with E-state index in [2.05, 4.69) is 10.3 Å². The van der Waals surface area contributed by atoms with Crippen molar-refractivity contribution >= 4 is 17.2 Å². The second-order valence-electron chi connectivity index (χ2n) is 4.19. The molecular weight excluding hydrogens is 272 g/mol. The molecule has 3 heterocycles. The quantitative estimate of drug-likeness (QED) is 0.799. The lowest BCUT2D eigenvalue weighted by molar-refractivity contribution is 0.0955. The smallest absolute Gasteiger partial charge is 0.261 e. The molecule has 0 spiro atoms. The van der Waals surface area contributed by atoms with Gasteiger partial charge in [0.1, 0.15) is 5.69 Å². The van der Waals surface area contributed by atoms with Crippen molar-refractivity contribution in [3.05, 3.63) is 64.7 Å². The molecule has 0 unspecified atom stereocenters. The van der Waals surface area contributed by atoms with E-state index in [-0.39, 0.29) is 5.91 Å². The Morgan fingerprint density at radius 2 is 2.20 bits per heavy atom. The fourth-order valence-electron chi connectivity index (χ4n) is 1.78. The Kier molecular flexibility index (Phi) is 3.60. The molecule has 0 radical (unpaired) electrons. The Morgan fingerprint density at radius 3 is 2.85 bits per heavy atom. The maximum absolute atomic E-state index is 11.8. The number of rotatable bonds is 4. The number of amides is 1. The highest BCUT2D eigenvalue weighted by Gasteiger charge is 2.06. The first kappa shape index (κ1) is 12.6. The molecule has 1 amide bonds. The van der Waals surface area contributed by atoms with E-state index in [1.807, 2.05) is 35.7 Å². The molecule has 0 aliphatic heterocycles. The van der Waals surface area contributed by atoms with Crippen molar-refractivity contribution in [2.75, 3.05) is 0 Å². The molecule has 0 aromatic carbocycles. The van der Waals surface area contributed by atoms with Gasteiger partial charge in [-0.15, -0.1) is 11.3 Å². The fourth-order valence-corrected chi connectivity index (χ4v) is 2.42. The molecule has 3 rings (SSSR count). The molecule has 3 aromatic rings. The molecule has 1 N–H and O–H groups in total. The van der Waals surface area contributed by atoms with Crippen LogP contribution < -0.4 is 5.32 Å². The van der Waals surface area contributed by atoms with Crippen LogP contribution in [0.4, 0.5) is 0 Å². The van der Waals surface area contributed by atoms with Gasteiger partial charge < -0.3 is 9.73 Å². The lowest BCUT2D eigenvalue weighted by atomic mass is 10.2. The van der Waals surface area contributed by atoms with Crippen LogP contribution in [-0.2, 0) is 6.54 Å². The normalized spacial score (nSPS) is 10.4. The second-order valence-corrected chi connectivity index (χ2v) is 5.14. The number of carbonyl (C=O) groups is 1. The first-order chi connectivity index (χ1) is 9.83. The monoisotopic (exact) mass is 284 g/mol. The minimum atomic E-state index is -0.0601. The summed E-state index contributed by atoms with van der Waals surface area (Å²) in [6, 6.07) is 11.2. The molecule has 0 saturated heterocycles. The van der Waals surface area contributed by atoms with Crippen LogP contribution in [0.15, 0.2) is 58.7 Å². The van der Waals surface area contributed by atoms with E-state index in [0.717, 1.165) is 17.0 Å². The van der Waals surface area contributed by atoms with Crippen LogP contribution in [0.1, 0.15) is 15.2 Å². The van der Waals surface area contributed by atoms with Crippen molar-refractivity contribution in [1.82, 2.24) is 10.3 Å². The van der Waals surface area contributed by atoms with E-state index in [1.165, 1.54) is 11.3 Å². The number of aromatic nitrogens is 1. The number of furan rings is 1. The van der Waals surface area contributed by atoms with Crippen molar-refractivity contribution in [2.24, 2.45) is 0 Å². The van der Waals surface area contributed by atoms with Gasteiger partial charge in [-0.05, 0) is 35.2 Å². The van der Waals surface area contributed by atoms with E-state index >= 15 is 0 Å². The largest absolute Gasteiger partial charge is 0.463 e. The van der Waals surface area contributed by atoms with E-state index in [9.17, 15) is 4.79 Å². The van der Waals surface area contributed by atoms with Crippen molar-refractivity contribution < 1.29 is 9.21 Å². The van der Waals surface area contributed by atoms with Gasteiger partial charge in [-0.25, -0.2) is 0 Å². The Labute approximate surface area is 120 Å². The van der Waals surface area contributed by atoms with Gasteiger partial charge in [0.05, 0.1) is 11.1 Å². The highest BCUT2D eigenvalue weighted by Crippen LogP contribution is 2.17. The van der Waals surface area contributed by atoms with Gasteiger partial charge in [0.25, 0.3) is 5.91 Å². The van der Waals surface area contributed by atoms with Gasteiger partial charge in [0.2, 0.25) is 0 Å². The number of carbonyl (C=O) groups excluding carboxylic acids is 1. The first-order valence-corrected chi connectivity index (χ1v) is 7.01. The summed E-state index contributed by atoms with van der Waals surface area (Å²) in [6.45, 7) is 0.460. The molecular formula is C15H12N2O2S. The second kappa shape index (κ2) is 5.71. The number of hydrogen-bond donors (Lipinski definition) is 1. The summed E-state index contributed by atoms with van der Waals surface area (Å²) in [5.74, 6) is 0.675. The molecule has 4 nitrogen and oxygen atoms in total. The highest BCUT2D eigenvalue weighted by atomic mass is 32.1. The Bertz CT molecular complexity index is 673. The van der Waals surface area contributed by atoms with Crippen molar-refractivity contribution in [2.45, 2.75) is 6.54 Å². The van der Waals surface area contributed by atoms with E-state index in [0.29, 0.717) is 11.4 Å². The Balaban J connectivity index is 1.63. The molecule has 0 aliphatic carbocycles. The molecule has 0 bridgehead atoms. The van der Waals surface area contributed by atoms with Gasteiger partial charge >= 0.3 is 0 Å². The van der Waals surface area contributed by atoms with E-state index in [4.69, 9.17) is 4.42 Å². The average Bonchev–Trinajstić information content (AvgIpc) is 3.18. The van der Waals surface area contributed by atoms with E-state index < -0.39 is 0 Å². The fraction of sp³-hybridized carbons (Fsp3) is 0.0667. The lowest BCUT2D eigenvalue weighted by Gasteiger charge is -2.04. The average molecular weight is 284 g/mol. The van der Waals surface area contributed by atoms with Crippen LogP contribution in [0.5, 0.6) is 0 Å². The number of hydrogen-bond acceptors (Lipinski definition) is 4. The van der Waals surface area contributed by atoms with Crippen molar-refractivity contribution in [3.63, 3.8) is 0 Å². The SMILES string of the molecule is O=C(NCc1ccc(-c2ccco2)nc1)c1cccs1. The van der Waals surface area contributed by atoms with Crippen LogP contribution in [0.2, 0.25) is 0 Å². The lowest BCUT2D eigenvalue weighted by Crippen LogP contribution is -2.21. The molecule has 5 heteroatoms. The minimum absolute atomic E-state index is 0.0601. The first-order valence-electron chi connectivity index (χ1n) is 6.13. The predicted octanol–water partition coefficient (Wildman–Crippen LogP) is 3.33. The summed E-state index contributed by atoms with van der Waals surface area (Å²) in [5.41, 5.74) is 1.73. The minimum Gasteiger partial charge on any atom is -0.463 e. The number of nitrogens with zero attached hydrogens (tertiary/aromatic N) is 1. The predicted molar refractivity (Wildman–Crippen MR) is 77.4 cm³/mol. The third-order valence-corrected chi connectivity index (χ3v) is 3.67. The number of thiophene rings is 1. The number of nitrogens with one attached hydrogen (secondary N) is 1. The summed E-state index contributed by atoms with van der Waals surface area (Å²) in [6.07, 6.45) is 3.36. The molecule has 0 saturated carbocycles. The highest BCUT2D eigenvalue weighted by molar-refractivity contribution is 7.12. The topological polar surface area (TPSA) is 55.1 Å². The van der Waals surface area contributed by atoms with Gasteiger partial charge in [-0.2, -0.15) is 0 Å². The third kappa shape index (κ3) is 2.78. The van der Waals surface area contributed by atoms with E-state index in [1.54, 1.807) is 18.5 Å². The summed E-state index contributed by atoms with van der Waals surface area (Å²) in [4.78, 5) is 16.8. The Hall–Kier alpha value is -2.40. The molecule has 100 valence electrons. The maximum Gasteiger partial charge on any atom is 0.261 e. The van der Waals surface area contributed by atoms with Crippen LogP contribution >= 0.6 is 11.3 Å². The standard InChI is InChI=1S/C15H12N2O2S/c18-15(14-4-2-8-20-14)17-10-11-5-6-12(16-9-11)13-3-1-7-19-13/h1-9H,10H2,(H,17,18). The van der Waals surface area contributed by atoms with Crippen LogP contribution in [-0.4, -0.2) is 10.9 Å². The zero-order valence-corrected chi connectivity index (χ0v) is 11.4. The summed E-state index contributed by atoms with van der Waals surface area (Å²) >= 11 is 1.43. The van der Waals surface area contributed by atoms with Gasteiger partial charge in [-0.3, -0.25) is 9.78 Å². The van der Waals surface area contributed by atoms with Gasteiger partial charge in [0, 0.05) is 12.7 Å². The number of pyridine rings is 1. The maximum atomic E-state index is 11.8. The summed E-state index contributed by atoms with van der Waals surface area (Å²) in [7, 11) is 0. The van der Waals surface area contributed by atoms with Crippen LogP contribution in [0, 0.1) is 0 Å².